The second-order valence-electron chi connectivity index (χ2n) is 12.3. The highest BCUT2D eigenvalue weighted by Gasteiger charge is 2.49. The lowest BCUT2D eigenvalue weighted by molar-refractivity contribution is -0.192. The Balaban J connectivity index is 1.77. The number of esters is 1. The fourth-order valence-electron chi connectivity index (χ4n) is 5.80. The van der Waals surface area contributed by atoms with E-state index in [1.54, 1.807) is 0 Å². The second-order valence-corrected chi connectivity index (χ2v) is 12.3. The molecule has 232 valence electrons. The summed E-state index contributed by atoms with van der Waals surface area (Å²) in [5.41, 5.74) is -1.93. The largest absolute Gasteiger partial charge is 0.464 e. The molecule has 2 atom stereocenters. The first-order valence-electron chi connectivity index (χ1n) is 16.8. The maximum absolute atomic E-state index is 12.2. The number of rotatable bonds is 26. The van der Waals surface area contributed by atoms with Gasteiger partial charge in [0.2, 0.25) is 0 Å². The molecule has 0 spiro atoms. The van der Waals surface area contributed by atoms with Crippen molar-refractivity contribution in [3.05, 3.63) is 0 Å². The van der Waals surface area contributed by atoms with Gasteiger partial charge in [0, 0.05) is 12.8 Å². The number of hydrogen-bond donors (Lipinski definition) is 4. The quantitative estimate of drug-likeness (QED) is 0.0648. The number of aliphatic hydroxyl groups excluding tert-OH is 3. The fraction of sp³-hybridized carbons (Fsp3) is 0.970. The van der Waals surface area contributed by atoms with Crippen LogP contribution in [0.2, 0.25) is 0 Å². The van der Waals surface area contributed by atoms with Gasteiger partial charge in [-0.15, -0.1) is 0 Å². The van der Waals surface area contributed by atoms with Gasteiger partial charge in [-0.3, -0.25) is 0 Å². The summed E-state index contributed by atoms with van der Waals surface area (Å²) in [7, 11) is 0. The maximum Gasteiger partial charge on any atom is 0.338 e. The Morgan fingerprint density at radius 2 is 0.846 bits per heavy atom. The van der Waals surface area contributed by atoms with E-state index in [2.05, 4.69) is 6.92 Å². The monoisotopic (exact) mass is 556 g/mol. The molecule has 1 rings (SSSR count). The van der Waals surface area contributed by atoms with Gasteiger partial charge in [0.25, 0.3) is 0 Å². The van der Waals surface area contributed by atoms with E-state index >= 15 is 0 Å². The molecule has 0 aliphatic heterocycles. The first-order valence-corrected chi connectivity index (χ1v) is 16.8. The van der Waals surface area contributed by atoms with Crippen molar-refractivity contribution < 1.29 is 30.0 Å². The fourth-order valence-corrected chi connectivity index (χ4v) is 5.80. The molecular weight excluding hydrogens is 492 g/mol. The van der Waals surface area contributed by atoms with Crippen molar-refractivity contribution in [2.75, 3.05) is 6.61 Å². The molecule has 2 unspecified atom stereocenters. The van der Waals surface area contributed by atoms with E-state index in [4.69, 9.17) is 4.74 Å². The summed E-state index contributed by atoms with van der Waals surface area (Å²) in [4.78, 5) is 12.2. The second kappa shape index (κ2) is 24.0. The Morgan fingerprint density at radius 3 is 1.15 bits per heavy atom. The highest BCUT2D eigenvalue weighted by atomic mass is 16.5. The Bertz CT molecular complexity index is 556. The average molecular weight is 557 g/mol. The molecule has 6 nitrogen and oxygen atoms in total. The van der Waals surface area contributed by atoms with Crippen molar-refractivity contribution in [1.29, 1.82) is 0 Å². The van der Waals surface area contributed by atoms with Gasteiger partial charge in [0.15, 0.2) is 5.60 Å². The first kappa shape index (κ1) is 36.3. The summed E-state index contributed by atoms with van der Waals surface area (Å²) < 4.78 is 5.17. The molecule has 0 radical (unpaired) electrons. The number of hydrogen-bond acceptors (Lipinski definition) is 6. The standard InChI is InChI=1S/C33H64O6/c1-2-3-4-5-6-7-8-9-10-11-12-13-14-15-16-17-18-19-20-21-22-23-24-25-26-39-32(37)33(38)27-29(34)31(36)30(35)28-33/h29-31,34-36,38H,2-28H2,1H3. The summed E-state index contributed by atoms with van der Waals surface area (Å²) in [5.74, 6) is -0.818. The van der Waals surface area contributed by atoms with Gasteiger partial charge in [-0.05, 0) is 6.42 Å². The summed E-state index contributed by atoms with van der Waals surface area (Å²) in [6.07, 6.45) is 27.4. The smallest absolute Gasteiger partial charge is 0.338 e. The Hall–Kier alpha value is -0.690. The average Bonchev–Trinajstić information content (AvgIpc) is 2.91. The SMILES string of the molecule is CCCCCCCCCCCCCCCCCCCCCCCCCCOC(=O)C1(O)CC(O)C(O)C(O)C1. The van der Waals surface area contributed by atoms with E-state index in [-0.39, 0.29) is 19.4 Å². The van der Waals surface area contributed by atoms with Crippen LogP contribution in [0, 0.1) is 0 Å². The minimum Gasteiger partial charge on any atom is -0.464 e. The summed E-state index contributed by atoms with van der Waals surface area (Å²) in [6, 6.07) is 0. The molecule has 4 N–H and O–H groups in total. The lowest BCUT2D eigenvalue weighted by Gasteiger charge is -2.38. The lowest BCUT2D eigenvalue weighted by Crippen LogP contribution is -2.56. The molecule has 0 heterocycles. The summed E-state index contributed by atoms with van der Waals surface area (Å²) >= 11 is 0. The van der Waals surface area contributed by atoms with Crippen LogP contribution in [0.4, 0.5) is 0 Å². The van der Waals surface area contributed by atoms with Gasteiger partial charge in [0.05, 0.1) is 18.8 Å². The molecule has 0 amide bonds. The molecule has 0 aromatic carbocycles. The van der Waals surface area contributed by atoms with Crippen LogP contribution in [0.3, 0.4) is 0 Å². The Morgan fingerprint density at radius 1 is 0.564 bits per heavy atom. The minimum atomic E-state index is -1.93. The highest BCUT2D eigenvalue weighted by molar-refractivity contribution is 5.79. The van der Waals surface area contributed by atoms with Crippen molar-refractivity contribution in [2.24, 2.45) is 0 Å². The van der Waals surface area contributed by atoms with Crippen molar-refractivity contribution in [2.45, 2.75) is 198 Å². The predicted molar refractivity (Wildman–Crippen MR) is 160 cm³/mol. The van der Waals surface area contributed by atoms with Crippen molar-refractivity contribution >= 4 is 5.97 Å². The van der Waals surface area contributed by atoms with Crippen LogP contribution < -0.4 is 0 Å². The van der Waals surface area contributed by atoms with Crippen LogP contribution in [0.5, 0.6) is 0 Å². The van der Waals surface area contributed by atoms with E-state index in [9.17, 15) is 25.2 Å². The van der Waals surface area contributed by atoms with E-state index in [1.807, 2.05) is 0 Å². The third kappa shape index (κ3) is 18.4. The number of ether oxygens (including phenoxy) is 1. The molecule has 1 fully saturated rings. The highest BCUT2D eigenvalue weighted by Crippen LogP contribution is 2.30. The van der Waals surface area contributed by atoms with Gasteiger partial charge >= 0.3 is 5.97 Å². The van der Waals surface area contributed by atoms with Crippen LogP contribution in [0.25, 0.3) is 0 Å². The predicted octanol–water partition coefficient (Wildman–Crippen LogP) is 7.52. The van der Waals surface area contributed by atoms with Crippen LogP contribution >= 0.6 is 0 Å². The zero-order chi connectivity index (χ0) is 28.6. The van der Waals surface area contributed by atoms with Gasteiger partial charge in [-0.25, -0.2) is 4.79 Å². The molecule has 0 saturated heterocycles. The number of carbonyl (C=O) groups is 1. The number of aliphatic hydroxyl groups is 4. The molecule has 1 aliphatic rings. The Labute approximate surface area is 240 Å². The summed E-state index contributed by atoms with van der Waals surface area (Å²) in [5, 5.41) is 39.4. The van der Waals surface area contributed by atoms with E-state index in [0.29, 0.717) is 0 Å². The van der Waals surface area contributed by atoms with Crippen molar-refractivity contribution in [3.63, 3.8) is 0 Å². The molecule has 0 aromatic heterocycles. The zero-order valence-electron chi connectivity index (χ0n) is 25.4. The number of carbonyl (C=O) groups excluding carboxylic acids is 1. The van der Waals surface area contributed by atoms with Crippen LogP contribution in [0.1, 0.15) is 174 Å². The third-order valence-corrected chi connectivity index (χ3v) is 8.49. The molecule has 0 aromatic rings. The third-order valence-electron chi connectivity index (χ3n) is 8.49. The van der Waals surface area contributed by atoms with Crippen LogP contribution in [-0.2, 0) is 9.53 Å². The maximum atomic E-state index is 12.2. The van der Waals surface area contributed by atoms with Gasteiger partial charge in [0.1, 0.15) is 6.10 Å². The molecule has 6 heteroatoms. The Kier molecular flexibility index (Phi) is 22.3. The molecule has 1 aliphatic carbocycles. The first-order chi connectivity index (χ1) is 18.9. The van der Waals surface area contributed by atoms with Gasteiger partial charge in [-0.1, -0.05) is 155 Å². The molecule has 1 saturated carbocycles. The molecular formula is C33H64O6. The van der Waals surface area contributed by atoms with Crippen LogP contribution in [-0.4, -0.2) is 56.9 Å². The van der Waals surface area contributed by atoms with E-state index in [0.717, 1.165) is 19.3 Å². The normalized spacial score (nSPS) is 23.3. The molecule has 39 heavy (non-hydrogen) atoms. The van der Waals surface area contributed by atoms with Crippen molar-refractivity contribution in [1.82, 2.24) is 0 Å². The zero-order valence-corrected chi connectivity index (χ0v) is 25.4. The van der Waals surface area contributed by atoms with E-state index in [1.165, 1.54) is 135 Å². The van der Waals surface area contributed by atoms with E-state index < -0.39 is 29.9 Å². The minimum absolute atomic E-state index is 0.231. The lowest BCUT2D eigenvalue weighted by atomic mass is 9.80. The topological polar surface area (TPSA) is 107 Å². The van der Waals surface area contributed by atoms with Gasteiger partial charge in [-0.2, -0.15) is 0 Å². The van der Waals surface area contributed by atoms with Crippen molar-refractivity contribution in [3.8, 4) is 0 Å². The van der Waals surface area contributed by atoms with Crippen LogP contribution in [0.15, 0.2) is 0 Å². The summed E-state index contributed by atoms with van der Waals surface area (Å²) in [6.45, 7) is 2.52. The molecule has 0 bridgehead atoms. The van der Waals surface area contributed by atoms with Gasteiger partial charge < -0.3 is 25.2 Å². The number of unbranched alkanes of at least 4 members (excludes halogenated alkanes) is 23.